The molecule has 5 aromatic rings. The first-order valence-corrected chi connectivity index (χ1v) is 11.4. The van der Waals surface area contributed by atoms with E-state index in [-0.39, 0.29) is 30.0 Å². The van der Waals surface area contributed by atoms with Crippen LogP contribution < -0.4 is 11.2 Å². The molecule has 2 heterocycles. The highest BCUT2D eigenvalue weighted by molar-refractivity contribution is 6.30. The van der Waals surface area contributed by atoms with E-state index in [9.17, 15) is 14.4 Å². The van der Waals surface area contributed by atoms with Crippen LogP contribution in [0.5, 0.6) is 0 Å². The number of Topliss-reactive ketones (excluding diaryl/α,β-unsaturated/α-hetero) is 1. The summed E-state index contributed by atoms with van der Waals surface area (Å²) in [6.45, 7) is 1.95. The van der Waals surface area contributed by atoms with Crippen LogP contribution in [0.2, 0.25) is 5.02 Å². The predicted octanol–water partition coefficient (Wildman–Crippen LogP) is 4.24. The first kappa shape index (κ1) is 22.6. The largest absolute Gasteiger partial charge is 0.337 e. The third kappa shape index (κ3) is 4.34. The standard InChI is InChI=1S/C27H21ClN4O3/c1-18-7-9-20(10-8-18)23(33)16-30-17-29-25-24(30)26(34)31(15-19-5-3-2-4-6-19)27(35)32(25)22-13-11-21(28)12-14-22/h2-14,17H,15-16H2,1H3. The Morgan fingerprint density at radius 3 is 2.29 bits per heavy atom. The quantitative estimate of drug-likeness (QED) is 0.338. The molecule has 0 radical (unpaired) electrons. The van der Waals surface area contributed by atoms with Gasteiger partial charge in [0.2, 0.25) is 0 Å². The molecule has 0 saturated heterocycles. The van der Waals surface area contributed by atoms with Crippen molar-refractivity contribution in [3.05, 3.63) is 128 Å². The maximum atomic E-state index is 13.6. The maximum Gasteiger partial charge on any atom is 0.337 e. The van der Waals surface area contributed by atoms with Gasteiger partial charge in [-0.2, -0.15) is 0 Å². The summed E-state index contributed by atoms with van der Waals surface area (Å²) >= 11 is 6.05. The van der Waals surface area contributed by atoms with Crippen LogP contribution in [0.3, 0.4) is 0 Å². The monoisotopic (exact) mass is 484 g/mol. The number of nitrogens with zero attached hydrogens (tertiary/aromatic N) is 4. The zero-order chi connectivity index (χ0) is 24.5. The number of aromatic nitrogens is 4. The van der Waals surface area contributed by atoms with E-state index in [4.69, 9.17) is 11.6 Å². The average molecular weight is 485 g/mol. The number of imidazole rings is 1. The highest BCUT2D eigenvalue weighted by Crippen LogP contribution is 2.17. The highest BCUT2D eigenvalue weighted by Gasteiger charge is 2.21. The predicted molar refractivity (Wildman–Crippen MR) is 136 cm³/mol. The van der Waals surface area contributed by atoms with E-state index in [0.29, 0.717) is 16.3 Å². The lowest BCUT2D eigenvalue weighted by atomic mass is 10.1. The minimum absolute atomic E-state index is 0.0825. The van der Waals surface area contributed by atoms with Crippen molar-refractivity contribution in [2.24, 2.45) is 0 Å². The van der Waals surface area contributed by atoms with Gasteiger partial charge < -0.3 is 4.57 Å². The average Bonchev–Trinajstić information content (AvgIpc) is 3.27. The molecule has 2 aromatic heterocycles. The molecule has 3 aromatic carbocycles. The normalized spacial score (nSPS) is 11.1. The minimum atomic E-state index is -0.524. The van der Waals surface area contributed by atoms with Crippen LogP contribution in [-0.4, -0.2) is 24.5 Å². The smallest absolute Gasteiger partial charge is 0.317 e. The third-order valence-electron chi connectivity index (χ3n) is 5.86. The zero-order valence-electron chi connectivity index (χ0n) is 18.9. The third-order valence-corrected chi connectivity index (χ3v) is 6.11. The lowest BCUT2D eigenvalue weighted by molar-refractivity contribution is 0.0973. The first-order chi connectivity index (χ1) is 16.9. The first-order valence-electron chi connectivity index (χ1n) is 11.0. The van der Waals surface area contributed by atoms with Gasteiger partial charge in [-0.3, -0.25) is 14.2 Å². The summed E-state index contributed by atoms with van der Waals surface area (Å²) in [5, 5.41) is 0.518. The van der Waals surface area contributed by atoms with Gasteiger partial charge in [0.05, 0.1) is 25.1 Å². The number of rotatable bonds is 6. The van der Waals surface area contributed by atoms with Crippen molar-refractivity contribution < 1.29 is 4.79 Å². The van der Waals surface area contributed by atoms with Gasteiger partial charge in [-0.15, -0.1) is 0 Å². The Labute approximate surface area is 205 Å². The molecule has 0 aliphatic carbocycles. The van der Waals surface area contributed by atoms with Crippen molar-refractivity contribution in [2.45, 2.75) is 20.0 Å². The van der Waals surface area contributed by atoms with Crippen molar-refractivity contribution >= 4 is 28.5 Å². The van der Waals surface area contributed by atoms with E-state index in [1.165, 1.54) is 20.0 Å². The molecule has 7 nitrogen and oxygen atoms in total. The summed E-state index contributed by atoms with van der Waals surface area (Å²) in [4.78, 5) is 44.5. The van der Waals surface area contributed by atoms with Crippen LogP contribution in [0, 0.1) is 6.92 Å². The molecule has 0 saturated carbocycles. The Bertz CT molecular complexity index is 1650. The van der Waals surface area contributed by atoms with Gasteiger partial charge >= 0.3 is 5.69 Å². The summed E-state index contributed by atoms with van der Waals surface area (Å²) in [5.74, 6) is -0.164. The fraction of sp³-hybridized carbons (Fsp3) is 0.111. The van der Waals surface area contributed by atoms with Crippen LogP contribution >= 0.6 is 11.6 Å². The Balaban J connectivity index is 1.70. The molecule has 0 aliphatic heterocycles. The molecule has 0 unspecified atom stereocenters. The number of ketones is 1. The van der Waals surface area contributed by atoms with Crippen LogP contribution in [0.1, 0.15) is 21.5 Å². The Morgan fingerprint density at radius 1 is 0.914 bits per heavy atom. The van der Waals surface area contributed by atoms with Gasteiger partial charge in [-0.05, 0) is 36.8 Å². The van der Waals surface area contributed by atoms with Gasteiger partial charge in [-0.25, -0.2) is 14.3 Å². The lowest BCUT2D eigenvalue weighted by Gasteiger charge is -2.13. The molecular formula is C27H21ClN4O3. The molecular weight excluding hydrogens is 464 g/mol. The summed E-state index contributed by atoms with van der Waals surface area (Å²) in [5.41, 5.74) is 2.23. The number of aryl methyl sites for hydroxylation is 1. The molecule has 35 heavy (non-hydrogen) atoms. The van der Waals surface area contributed by atoms with Crippen molar-refractivity contribution in [1.29, 1.82) is 0 Å². The van der Waals surface area contributed by atoms with Gasteiger partial charge in [0.25, 0.3) is 5.56 Å². The number of benzene rings is 3. The summed E-state index contributed by atoms with van der Waals surface area (Å²) in [6.07, 6.45) is 1.43. The van der Waals surface area contributed by atoms with Gasteiger partial charge in [0.15, 0.2) is 16.9 Å². The van der Waals surface area contributed by atoms with Crippen molar-refractivity contribution in [2.75, 3.05) is 0 Å². The number of halogens is 1. The minimum Gasteiger partial charge on any atom is -0.317 e. The van der Waals surface area contributed by atoms with Gasteiger partial charge in [-0.1, -0.05) is 71.8 Å². The topological polar surface area (TPSA) is 78.9 Å². The fourth-order valence-electron chi connectivity index (χ4n) is 4.01. The molecule has 0 aliphatic rings. The molecule has 0 bridgehead atoms. The second-order valence-corrected chi connectivity index (χ2v) is 8.74. The molecule has 174 valence electrons. The molecule has 5 rings (SSSR count). The van der Waals surface area contributed by atoms with E-state index < -0.39 is 11.2 Å². The van der Waals surface area contributed by atoms with Crippen LogP contribution in [0.15, 0.2) is 94.8 Å². The SMILES string of the molecule is Cc1ccc(C(=O)Cn2cnc3c2c(=O)n(Cc2ccccc2)c(=O)n3-c2ccc(Cl)cc2)cc1. The highest BCUT2D eigenvalue weighted by atomic mass is 35.5. The van der Waals surface area contributed by atoms with E-state index in [0.717, 1.165) is 11.1 Å². The van der Waals surface area contributed by atoms with E-state index >= 15 is 0 Å². The summed E-state index contributed by atoms with van der Waals surface area (Å²) < 4.78 is 4.05. The van der Waals surface area contributed by atoms with Crippen LogP contribution in [0.4, 0.5) is 0 Å². The van der Waals surface area contributed by atoms with Gasteiger partial charge in [0, 0.05) is 10.6 Å². The molecule has 0 spiro atoms. The lowest BCUT2D eigenvalue weighted by Crippen LogP contribution is -2.40. The van der Waals surface area contributed by atoms with Crippen molar-refractivity contribution in [1.82, 2.24) is 18.7 Å². The second-order valence-electron chi connectivity index (χ2n) is 8.31. The summed E-state index contributed by atoms with van der Waals surface area (Å²) in [7, 11) is 0. The second kappa shape index (κ2) is 9.19. The number of hydrogen-bond acceptors (Lipinski definition) is 4. The molecule has 8 heteroatoms. The van der Waals surface area contributed by atoms with Crippen molar-refractivity contribution in [3.8, 4) is 5.69 Å². The molecule has 0 atom stereocenters. The molecule has 0 fully saturated rings. The molecule has 0 amide bonds. The van der Waals surface area contributed by atoms with E-state index in [2.05, 4.69) is 4.98 Å². The number of carbonyl (C=O) groups excluding carboxylic acids is 1. The van der Waals surface area contributed by atoms with Gasteiger partial charge in [0.1, 0.15) is 0 Å². The Kier molecular flexibility index (Phi) is 5.93. The van der Waals surface area contributed by atoms with E-state index in [1.54, 1.807) is 36.4 Å². The number of hydrogen-bond donors (Lipinski definition) is 0. The van der Waals surface area contributed by atoms with E-state index in [1.807, 2.05) is 49.4 Å². The molecule has 0 N–H and O–H groups in total. The number of carbonyl (C=O) groups is 1. The Morgan fingerprint density at radius 2 is 1.60 bits per heavy atom. The van der Waals surface area contributed by atoms with Crippen molar-refractivity contribution in [3.63, 3.8) is 0 Å². The summed E-state index contributed by atoms with van der Waals surface area (Å²) in [6, 6.07) is 23.2. The zero-order valence-corrected chi connectivity index (χ0v) is 19.6. The maximum absolute atomic E-state index is 13.6. The Hall–Kier alpha value is -4.23. The fourth-order valence-corrected chi connectivity index (χ4v) is 4.14. The van der Waals surface area contributed by atoms with Crippen LogP contribution in [-0.2, 0) is 13.1 Å². The van der Waals surface area contributed by atoms with Crippen LogP contribution in [0.25, 0.3) is 16.9 Å². The number of fused-ring (bicyclic) bond motifs is 1.